The Bertz CT molecular complexity index is 401. The lowest BCUT2D eigenvalue weighted by Crippen LogP contribution is -2.49. The predicted octanol–water partition coefficient (Wildman–Crippen LogP) is 0.260. The number of hydrogen-bond acceptors (Lipinski definition) is 5. The van der Waals surface area contributed by atoms with Crippen LogP contribution in [0.25, 0.3) is 0 Å². The fourth-order valence-corrected chi connectivity index (χ4v) is 1.89. The van der Waals surface area contributed by atoms with E-state index >= 15 is 0 Å². The van der Waals surface area contributed by atoms with Gasteiger partial charge in [0, 0.05) is 26.2 Å². The van der Waals surface area contributed by atoms with Crippen LogP contribution in [0, 0.1) is 0 Å². The van der Waals surface area contributed by atoms with Crippen LogP contribution < -0.4 is 0 Å². The zero-order valence-corrected chi connectivity index (χ0v) is 10.4. The second kappa shape index (κ2) is 5.92. The maximum atomic E-state index is 10.7. The van der Waals surface area contributed by atoms with Crippen molar-refractivity contribution in [3.8, 4) is 0 Å². The molecule has 0 aliphatic carbocycles. The molecule has 0 unspecified atom stereocenters. The molecule has 2 rings (SSSR count). The number of hydrogen-bond donors (Lipinski definition) is 1. The highest BCUT2D eigenvalue weighted by molar-refractivity contribution is 5.84. The average molecular weight is 254 g/mol. The van der Waals surface area contributed by atoms with Gasteiger partial charge in [0.25, 0.3) is 0 Å². The van der Waals surface area contributed by atoms with Crippen LogP contribution in [0.2, 0.25) is 0 Å². The van der Waals surface area contributed by atoms with E-state index in [1.807, 2.05) is 0 Å². The molecule has 100 valence electrons. The van der Waals surface area contributed by atoms with Gasteiger partial charge in [-0.05, 0) is 6.42 Å². The molecule has 18 heavy (non-hydrogen) atoms. The average Bonchev–Trinajstić information content (AvgIpc) is 2.75. The normalized spacial score (nSPS) is 16.7. The van der Waals surface area contributed by atoms with Gasteiger partial charge < -0.3 is 9.84 Å². The van der Waals surface area contributed by atoms with Crippen LogP contribution in [0.3, 0.4) is 0 Å². The SMILES string of the molecule is CCCOCCN1CC(n2cc(C(=O)O)nn2)C1. The number of likely N-dealkylation sites (tertiary alicyclic amines) is 1. The van der Waals surface area contributed by atoms with E-state index in [2.05, 4.69) is 22.1 Å². The Kier molecular flexibility index (Phi) is 4.27. The topological polar surface area (TPSA) is 80.5 Å². The Hall–Kier alpha value is -1.47. The van der Waals surface area contributed by atoms with Gasteiger partial charge in [-0.1, -0.05) is 12.1 Å². The molecule has 1 aliphatic rings. The first-order valence-corrected chi connectivity index (χ1v) is 6.16. The van der Waals surface area contributed by atoms with Crippen LogP contribution in [0.15, 0.2) is 6.20 Å². The molecule has 0 saturated carbocycles. The minimum atomic E-state index is -1.04. The van der Waals surface area contributed by atoms with Crippen molar-refractivity contribution in [3.63, 3.8) is 0 Å². The maximum absolute atomic E-state index is 10.7. The molecule has 1 saturated heterocycles. The molecule has 0 amide bonds. The molecule has 0 bridgehead atoms. The van der Waals surface area contributed by atoms with Crippen LogP contribution >= 0.6 is 0 Å². The highest BCUT2D eigenvalue weighted by Crippen LogP contribution is 2.19. The summed E-state index contributed by atoms with van der Waals surface area (Å²) in [6.07, 6.45) is 2.53. The number of carboxylic acids is 1. The van der Waals surface area contributed by atoms with Crippen LogP contribution in [0.1, 0.15) is 29.9 Å². The third kappa shape index (κ3) is 3.05. The lowest BCUT2D eigenvalue weighted by Gasteiger charge is -2.38. The molecular weight excluding hydrogens is 236 g/mol. The standard InChI is InChI=1S/C11H18N4O3/c1-2-4-18-5-3-14-6-9(7-14)15-8-10(11(16)17)12-13-15/h8-9H,2-7H2,1H3,(H,16,17). The summed E-state index contributed by atoms with van der Waals surface area (Å²) < 4.78 is 7.04. The van der Waals surface area contributed by atoms with Crippen molar-refractivity contribution in [1.82, 2.24) is 19.9 Å². The first-order chi connectivity index (χ1) is 8.70. The molecule has 1 fully saturated rings. The van der Waals surface area contributed by atoms with Gasteiger partial charge in [0.2, 0.25) is 0 Å². The summed E-state index contributed by atoms with van der Waals surface area (Å²) in [4.78, 5) is 12.9. The van der Waals surface area contributed by atoms with E-state index in [0.717, 1.165) is 39.3 Å². The second-order valence-electron chi connectivity index (χ2n) is 4.41. The van der Waals surface area contributed by atoms with E-state index in [0.29, 0.717) is 0 Å². The smallest absolute Gasteiger partial charge is 0.358 e. The lowest BCUT2D eigenvalue weighted by molar-refractivity contribution is 0.0480. The third-order valence-corrected chi connectivity index (χ3v) is 2.94. The van der Waals surface area contributed by atoms with E-state index in [1.165, 1.54) is 6.20 Å². The van der Waals surface area contributed by atoms with Crippen molar-refractivity contribution in [2.24, 2.45) is 0 Å². The summed E-state index contributed by atoms with van der Waals surface area (Å²) in [5.74, 6) is -1.04. The van der Waals surface area contributed by atoms with Crippen molar-refractivity contribution < 1.29 is 14.6 Å². The number of carbonyl (C=O) groups is 1. The van der Waals surface area contributed by atoms with Gasteiger partial charge in [0.1, 0.15) is 0 Å². The number of nitrogens with zero attached hydrogens (tertiary/aromatic N) is 4. The number of rotatable bonds is 7. The number of aromatic carboxylic acids is 1. The molecular formula is C11H18N4O3. The van der Waals surface area contributed by atoms with Gasteiger partial charge in [-0.2, -0.15) is 0 Å². The zero-order chi connectivity index (χ0) is 13.0. The van der Waals surface area contributed by atoms with Crippen molar-refractivity contribution >= 4 is 5.97 Å². The highest BCUT2D eigenvalue weighted by Gasteiger charge is 2.29. The fourth-order valence-electron chi connectivity index (χ4n) is 1.89. The molecule has 1 N–H and O–H groups in total. The Balaban J connectivity index is 1.70. The molecule has 1 aromatic heterocycles. The second-order valence-corrected chi connectivity index (χ2v) is 4.41. The van der Waals surface area contributed by atoms with Crippen molar-refractivity contribution in [3.05, 3.63) is 11.9 Å². The summed E-state index contributed by atoms with van der Waals surface area (Å²) in [5, 5.41) is 16.2. The summed E-state index contributed by atoms with van der Waals surface area (Å²) in [6.45, 7) is 6.30. The molecule has 0 atom stereocenters. The van der Waals surface area contributed by atoms with Crippen molar-refractivity contribution in [2.75, 3.05) is 32.8 Å². The van der Waals surface area contributed by atoms with E-state index in [-0.39, 0.29) is 11.7 Å². The lowest BCUT2D eigenvalue weighted by atomic mass is 10.1. The summed E-state index contributed by atoms with van der Waals surface area (Å²) in [7, 11) is 0. The van der Waals surface area contributed by atoms with E-state index in [9.17, 15) is 4.79 Å². The summed E-state index contributed by atoms with van der Waals surface area (Å²) in [5.41, 5.74) is -0.000251. The van der Waals surface area contributed by atoms with Gasteiger partial charge in [0.15, 0.2) is 5.69 Å². The molecule has 7 nitrogen and oxygen atoms in total. The van der Waals surface area contributed by atoms with Crippen LogP contribution in [0.4, 0.5) is 0 Å². The first-order valence-electron chi connectivity index (χ1n) is 6.16. The Morgan fingerprint density at radius 3 is 2.94 bits per heavy atom. The molecule has 7 heteroatoms. The largest absolute Gasteiger partial charge is 0.476 e. The number of carboxylic acid groups (broad SMARTS) is 1. The summed E-state index contributed by atoms with van der Waals surface area (Å²) in [6, 6.07) is 0.233. The molecule has 0 spiro atoms. The van der Waals surface area contributed by atoms with Crippen LogP contribution in [-0.4, -0.2) is 63.8 Å². The Labute approximate surface area is 105 Å². The minimum Gasteiger partial charge on any atom is -0.476 e. The van der Waals surface area contributed by atoms with E-state index in [4.69, 9.17) is 9.84 Å². The van der Waals surface area contributed by atoms with Gasteiger partial charge in [-0.25, -0.2) is 9.48 Å². The van der Waals surface area contributed by atoms with Gasteiger partial charge in [0.05, 0.1) is 18.8 Å². The fraction of sp³-hybridized carbons (Fsp3) is 0.727. The van der Waals surface area contributed by atoms with Crippen LogP contribution in [0.5, 0.6) is 0 Å². The molecule has 0 aromatic carbocycles. The summed E-state index contributed by atoms with van der Waals surface area (Å²) >= 11 is 0. The molecule has 1 aromatic rings. The highest BCUT2D eigenvalue weighted by atomic mass is 16.5. The van der Waals surface area contributed by atoms with Crippen molar-refractivity contribution in [1.29, 1.82) is 0 Å². The van der Waals surface area contributed by atoms with Crippen LogP contribution in [-0.2, 0) is 4.74 Å². The quantitative estimate of drug-likeness (QED) is 0.703. The molecule has 2 heterocycles. The van der Waals surface area contributed by atoms with Gasteiger partial charge in [-0.15, -0.1) is 5.10 Å². The molecule has 0 radical (unpaired) electrons. The van der Waals surface area contributed by atoms with E-state index < -0.39 is 5.97 Å². The Morgan fingerprint density at radius 1 is 1.56 bits per heavy atom. The zero-order valence-electron chi connectivity index (χ0n) is 10.4. The third-order valence-electron chi connectivity index (χ3n) is 2.94. The van der Waals surface area contributed by atoms with Gasteiger partial charge in [-0.3, -0.25) is 4.90 Å². The predicted molar refractivity (Wildman–Crippen MR) is 63.6 cm³/mol. The monoisotopic (exact) mass is 254 g/mol. The van der Waals surface area contributed by atoms with E-state index in [1.54, 1.807) is 4.68 Å². The van der Waals surface area contributed by atoms with Gasteiger partial charge >= 0.3 is 5.97 Å². The number of aromatic nitrogens is 3. The minimum absolute atomic E-state index is 0.000251. The Morgan fingerprint density at radius 2 is 2.33 bits per heavy atom. The molecule has 1 aliphatic heterocycles. The first kappa shape index (κ1) is 13.0. The van der Waals surface area contributed by atoms with Crippen molar-refractivity contribution in [2.45, 2.75) is 19.4 Å². The maximum Gasteiger partial charge on any atom is 0.358 e. The number of ether oxygens (including phenoxy) is 1.